The molecule has 2 heterocycles. The van der Waals surface area contributed by atoms with E-state index in [9.17, 15) is 0 Å². The lowest BCUT2D eigenvalue weighted by Crippen LogP contribution is -2.30. The molecule has 28 heavy (non-hydrogen) atoms. The van der Waals surface area contributed by atoms with E-state index < -0.39 is 0 Å². The molecule has 3 aromatic rings. The van der Waals surface area contributed by atoms with Crippen LogP contribution in [0.1, 0.15) is 33.8 Å². The molecule has 1 aliphatic rings. The van der Waals surface area contributed by atoms with Gasteiger partial charge in [0, 0.05) is 38.0 Å². The van der Waals surface area contributed by atoms with E-state index in [1.807, 2.05) is 0 Å². The van der Waals surface area contributed by atoms with Crippen LogP contribution in [0.25, 0.3) is 0 Å². The number of aryl methyl sites for hydroxylation is 1. The lowest BCUT2D eigenvalue weighted by molar-refractivity contribution is 0.245. The zero-order chi connectivity index (χ0) is 19.2. The van der Waals surface area contributed by atoms with Crippen molar-refractivity contribution in [2.45, 2.75) is 32.9 Å². The standard InChI is InChI=1S/C24H29N3S/c1-20-8-5-6-11-22(20)17-26-12-7-13-27(15-14-26)18-23-19-28-24(25-23)16-21-9-3-2-4-10-21/h2-6,8-11,19H,7,12-18H2,1H3. The molecule has 4 heteroatoms. The van der Waals surface area contributed by atoms with Gasteiger partial charge in [0.05, 0.1) is 10.7 Å². The number of nitrogens with zero attached hydrogens (tertiary/aromatic N) is 3. The second kappa shape index (κ2) is 9.46. The molecule has 0 atom stereocenters. The highest BCUT2D eigenvalue weighted by Gasteiger charge is 2.16. The van der Waals surface area contributed by atoms with Crippen molar-refractivity contribution in [2.75, 3.05) is 26.2 Å². The van der Waals surface area contributed by atoms with E-state index in [1.54, 1.807) is 11.3 Å². The largest absolute Gasteiger partial charge is 0.298 e. The fourth-order valence-corrected chi connectivity index (χ4v) is 4.69. The van der Waals surface area contributed by atoms with E-state index in [-0.39, 0.29) is 0 Å². The summed E-state index contributed by atoms with van der Waals surface area (Å²) in [5.74, 6) is 0. The monoisotopic (exact) mass is 391 g/mol. The van der Waals surface area contributed by atoms with Crippen LogP contribution in [0, 0.1) is 6.92 Å². The van der Waals surface area contributed by atoms with Crippen LogP contribution >= 0.6 is 11.3 Å². The van der Waals surface area contributed by atoms with Crippen LogP contribution in [-0.2, 0) is 19.5 Å². The predicted molar refractivity (Wildman–Crippen MR) is 118 cm³/mol. The highest BCUT2D eigenvalue weighted by Crippen LogP contribution is 2.18. The Bertz CT molecular complexity index is 874. The Kier molecular flexibility index (Phi) is 6.53. The van der Waals surface area contributed by atoms with E-state index >= 15 is 0 Å². The average Bonchev–Trinajstić information content (AvgIpc) is 3.02. The van der Waals surface area contributed by atoms with Gasteiger partial charge in [-0.3, -0.25) is 9.80 Å². The van der Waals surface area contributed by atoms with E-state index in [4.69, 9.17) is 4.98 Å². The first kappa shape index (κ1) is 19.3. The average molecular weight is 392 g/mol. The van der Waals surface area contributed by atoms with E-state index in [1.165, 1.54) is 40.4 Å². The Morgan fingerprint density at radius 1 is 0.857 bits per heavy atom. The quantitative estimate of drug-likeness (QED) is 0.604. The molecule has 1 fully saturated rings. The minimum atomic E-state index is 0.940. The summed E-state index contributed by atoms with van der Waals surface area (Å²) in [4.78, 5) is 10.1. The number of aromatic nitrogens is 1. The van der Waals surface area contributed by atoms with E-state index in [0.29, 0.717) is 0 Å². The van der Waals surface area contributed by atoms with Crippen LogP contribution < -0.4 is 0 Å². The Balaban J connectivity index is 1.30. The second-order valence-electron chi connectivity index (χ2n) is 7.73. The van der Waals surface area contributed by atoms with Crippen molar-refractivity contribution in [3.8, 4) is 0 Å². The number of hydrogen-bond donors (Lipinski definition) is 0. The third-order valence-corrected chi connectivity index (χ3v) is 6.42. The first-order valence-electron chi connectivity index (χ1n) is 10.2. The Hall–Kier alpha value is -2.01. The molecule has 0 amide bonds. The van der Waals surface area contributed by atoms with Crippen molar-refractivity contribution < 1.29 is 0 Å². The molecule has 0 saturated carbocycles. The molecule has 146 valence electrons. The Morgan fingerprint density at radius 3 is 2.36 bits per heavy atom. The SMILES string of the molecule is Cc1ccccc1CN1CCCN(Cc2csc(Cc3ccccc3)n2)CC1. The van der Waals surface area contributed by atoms with Crippen molar-refractivity contribution >= 4 is 11.3 Å². The van der Waals surface area contributed by atoms with Gasteiger partial charge in [-0.15, -0.1) is 11.3 Å². The fraction of sp³-hybridized carbons (Fsp3) is 0.375. The first-order valence-corrected chi connectivity index (χ1v) is 11.1. The highest BCUT2D eigenvalue weighted by atomic mass is 32.1. The van der Waals surface area contributed by atoms with Crippen LogP contribution in [0.2, 0.25) is 0 Å². The molecule has 4 rings (SSSR count). The highest BCUT2D eigenvalue weighted by molar-refractivity contribution is 7.09. The summed E-state index contributed by atoms with van der Waals surface area (Å²) in [6.45, 7) is 8.86. The zero-order valence-corrected chi connectivity index (χ0v) is 17.5. The maximum absolute atomic E-state index is 4.89. The Morgan fingerprint density at radius 2 is 1.57 bits per heavy atom. The summed E-state index contributed by atoms with van der Waals surface area (Å²) < 4.78 is 0. The van der Waals surface area contributed by atoms with Gasteiger partial charge >= 0.3 is 0 Å². The van der Waals surface area contributed by atoms with Crippen molar-refractivity contribution in [1.82, 2.24) is 14.8 Å². The summed E-state index contributed by atoms with van der Waals surface area (Å²) in [5, 5.41) is 3.46. The topological polar surface area (TPSA) is 19.4 Å². The number of rotatable bonds is 6. The third kappa shape index (κ3) is 5.28. The van der Waals surface area contributed by atoms with Crippen LogP contribution in [0.3, 0.4) is 0 Å². The lowest BCUT2D eigenvalue weighted by Gasteiger charge is -2.22. The summed E-state index contributed by atoms with van der Waals surface area (Å²) in [6, 6.07) is 19.4. The molecular weight excluding hydrogens is 362 g/mol. The molecule has 0 aliphatic carbocycles. The first-order chi connectivity index (χ1) is 13.8. The normalized spacial score (nSPS) is 16.2. The third-order valence-electron chi connectivity index (χ3n) is 5.52. The fourth-order valence-electron chi connectivity index (χ4n) is 3.87. The number of benzene rings is 2. The molecule has 1 aliphatic heterocycles. The van der Waals surface area contributed by atoms with Gasteiger partial charge in [0.1, 0.15) is 0 Å². The van der Waals surface area contributed by atoms with Crippen molar-refractivity contribution in [3.05, 3.63) is 87.4 Å². The molecular formula is C24H29N3S. The molecule has 1 aromatic heterocycles. The van der Waals surface area contributed by atoms with Crippen LogP contribution in [0.15, 0.2) is 60.0 Å². The molecule has 2 aromatic carbocycles. The molecule has 3 nitrogen and oxygen atoms in total. The predicted octanol–water partition coefficient (Wildman–Crippen LogP) is 4.75. The van der Waals surface area contributed by atoms with Crippen molar-refractivity contribution in [3.63, 3.8) is 0 Å². The minimum absolute atomic E-state index is 0.940. The summed E-state index contributed by atoms with van der Waals surface area (Å²) in [7, 11) is 0. The minimum Gasteiger partial charge on any atom is -0.298 e. The zero-order valence-electron chi connectivity index (χ0n) is 16.7. The van der Waals surface area contributed by atoms with Gasteiger partial charge in [0.25, 0.3) is 0 Å². The maximum atomic E-state index is 4.89. The summed E-state index contributed by atoms with van der Waals surface area (Å²) in [5.41, 5.74) is 5.42. The molecule has 0 spiro atoms. The van der Waals surface area contributed by atoms with Gasteiger partial charge < -0.3 is 0 Å². The molecule has 0 bridgehead atoms. The number of thiazole rings is 1. The number of hydrogen-bond acceptors (Lipinski definition) is 4. The molecule has 1 saturated heterocycles. The summed E-state index contributed by atoms with van der Waals surface area (Å²) in [6.07, 6.45) is 2.17. The maximum Gasteiger partial charge on any atom is 0.0972 e. The van der Waals surface area contributed by atoms with Crippen LogP contribution in [-0.4, -0.2) is 41.0 Å². The van der Waals surface area contributed by atoms with Crippen LogP contribution in [0.4, 0.5) is 0 Å². The molecule has 0 radical (unpaired) electrons. The van der Waals surface area contributed by atoms with Gasteiger partial charge in [0.2, 0.25) is 0 Å². The van der Waals surface area contributed by atoms with E-state index in [2.05, 4.69) is 76.7 Å². The van der Waals surface area contributed by atoms with Gasteiger partial charge in [-0.1, -0.05) is 54.6 Å². The smallest absolute Gasteiger partial charge is 0.0972 e. The van der Waals surface area contributed by atoms with Gasteiger partial charge in [-0.05, 0) is 43.1 Å². The summed E-state index contributed by atoms with van der Waals surface area (Å²) >= 11 is 1.79. The molecule has 0 N–H and O–H groups in total. The van der Waals surface area contributed by atoms with Gasteiger partial charge in [0.15, 0.2) is 0 Å². The van der Waals surface area contributed by atoms with Crippen LogP contribution in [0.5, 0.6) is 0 Å². The Labute approximate surface area is 172 Å². The van der Waals surface area contributed by atoms with E-state index in [0.717, 1.165) is 39.1 Å². The van der Waals surface area contributed by atoms with Gasteiger partial charge in [-0.25, -0.2) is 4.98 Å². The van der Waals surface area contributed by atoms with Crippen molar-refractivity contribution in [1.29, 1.82) is 0 Å². The van der Waals surface area contributed by atoms with Gasteiger partial charge in [-0.2, -0.15) is 0 Å². The van der Waals surface area contributed by atoms with Crippen molar-refractivity contribution in [2.24, 2.45) is 0 Å². The second-order valence-corrected chi connectivity index (χ2v) is 8.67. The lowest BCUT2D eigenvalue weighted by atomic mass is 10.1. The molecule has 0 unspecified atom stereocenters.